The topological polar surface area (TPSA) is 37.3 Å². The molecule has 0 radical (unpaired) electrons. The lowest BCUT2D eigenvalue weighted by Gasteiger charge is -2.36. The van der Waals surface area contributed by atoms with Crippen LogP contribution in [0.3, 0.4) is 0 Å². The van der Waals surface area contributed by atoms with Crippen molar-refractivity contribution in [1.29, 1.82) is 0 Å². The molecule has 1 unspecified atom stereocenters. The van der Waals surface area contributed by atoms with E-state index in [0.29, 0.717) is 6.42 Å². The van der Waals surface area contributed by atoms with E-state index in [1.807, 2.05) is 66.7 Å². The molecule has 0 saturated carbocycles. The number of ketones is 1. The van der Waals surface area contributed by atoms with E-state index in [9.17, 15) is 9.90 Å². The third-order valence-corrected chi connectivity index (χ3v) is 3.95. The van der Waals surface area contributed by atoms with E-state index >= 15 is 0 Å². The Hall–Kier alpha value is -2.19. The van der Waals surface area contributed by atoms with E-state index in [0.717, 1.165) is 11.1 Å². The van der Waals surface area contributed by atoms with Gasteiger partial charge in [0, 0.05) is 5.41 Å². The van der Waals surface area contributed by atoms with Crippen LogP contribution < -0.4 is 0 Å². The molecule has 1 aliphatic carbocycles. The number of benzene rings is 2. The molecule has 1 aliphatic rings. The van der Waals surface area contributed by atoms with Crippen LogP contribution in [-0.2, 0) is 10.2 Å². The predicted molar refractivity (Wildman–Crippen MR) is 78.4 cm³/mol. The Labute approximate surface area is 118 Å². The lowest BCUT2D eigenvalue weighted by atomic mass is 9.68. The minimum absolute atomic E-state index is 0.215. The third-order valence-electron chi connectivity index (χ3n) is 3.95. The molecule has 3 rings (SSSR count). The maximum atomic E-state index is 11.6. The van der Waals surface area contributed by atoms with Crippen LogP contribution >= 0.6 is 0 Å². The van der Waals surface area contributed by atoms with Crippen LogP contribution in [-0.4, -0.2) is 17.0 Å². The first-order chi connectivity index (χ1) is 9.72. The minimum Gasteiger partial charge on any atom is -0.385 e. The molecule has 0 saturated heterocycles. The first-order valence-electron chi connectivity index (χ1n) is 6.74. The molecule has 2 nitrogen and oxygen atoms in total. The second kappa shape index (κ2) is 5.06. The fourth-order valence-electron chi connectivity index (χ4n) is 2.88. The molecule has 0 spiro atoms. The molecule has 20 heavy (non-hydrogen) atoms. The summed E-state index contributed by atoms with van der Waals surface area (Å²) in [7, 11) is 0. The van der Waals surface area contributed by atoms with E-state index in [1.165, 1.54) is 6.08 Å². The van der Waals surface area contributed by atoms with Crippen LogP contribution in [0, 0.1) is 0 Å². The highest BCUT2D eigenvalue weighted by molar-refractivity contribution is 5.95. The Morgan fingerprint density at radius 1 is 0.900 bits per heavy atom. The van der Waals surface area contributed by atoms with Crippen molar-refractivity contribution in [2.45, 2.75) is 17.9 Å². The summed E-state index contributed by atoms with van der Waals surface area (Å²) in [5.41, 5.74) is 1.75. The lowest BCUT2D eigenvalue weighted by Crippen LogP contribution is -2.37. The fourth-order valence-corrected chi connectivity index (χ4v) is 2.88. The Balaban J connectivity index is 2.19. The largest absolute Gasteiger partial charge is 0.385 e. The second-order valence-corrected chi connectivity index (χ2v) is 5.16. The van der Waals surface area contributed by atoms with Crippen molar-refractivity contribution in [3.63, 3.8) is 0 Å². The molecule has 1 N–H and O–H groups in total. The van der Waals surface area contributed by atoms with E-state index in [1.54, 1.807) is 0 Å². The molecular weight excluding hydrogens is 248 g/mol. The van der Waals surface area contributed by atoms with Crippen LogP contribution in [0.5, 0.6) is 0 Å². The highest BCUT2D eigenvalue weighted by Crippen LogP contribution is 2.40. The van der Waals surface area contributed by atoms with Crippen LogP contribution in [0.4, 0.5) is 0 Å². The van der Waals surface area contributed by atoms with Crippen molar-refractivity contribution in [2.75, 3.05) is 0 Å². The van der Waals surface area contributed by atoms with Crippen molar-refractivity contribution in [3.8, 4) is 0 Å². The van der Waals surface area contributed by atoms with Gasteiger partial charge in [-0.2, -0.15) is 0 Å². The lowest BCUT2D eigenvalue weighted by molar-refractivity contribution is -0.123. The van der Waals surface area contributed by atoms with Gasteiger partial charge in [0.25, 0.3) is 0 Å². The average Bonchev–Trinajstić information content (AvgIpc) is 2.52. The van der Waals surface area contributed by atoms with Gasteiger partial charge in [-0.05, 0) is 23.6 Å². The van der Waals surface area contributed by atoms with Gasteiger partial charge in [-0.25, -0.2) is 0 Å². The van der Waals surface area contributed by atoms with E-state index in [-0.39, 0.29) is 5.78 Å². The molecule has 0 heterocycles. The number of aliphatic hydroxyl groups excluding tert-OH is 1. The van der Waals surface area contributed by atoms with E-state index in [2.05, 4.69) is 0 Å². The summed E-state index contributed by atoms with van der Waals surface area (Å²) in [6.45, 7) is 0. The van der Waals surface area contributed by atoms with Gasteiger partial charge in [0.2, 0.25) is 0 Å². The first kappa shape index (κ1) is 12.8. The maximum Gasteiger partial charge on any atom is 0.183 e. The van der Waals surface area contributed by atoms with Gasteiger partial charge in [0.15, 0.2) is 5.78 Å². The zero-order chi connectivity index (χ0) is 14.0. The summed E-state index contributed by atoms with van der Waals surface area (Å²) in [5, 5.41) is 10.0. The van der Waals surface area contributed by atoms with Gasteiger partial charge in [0.1, 0.15) is 6.10 Å². The third kappa shape index (κ3) is 2.08. The number of hydrogen-bond donors (Lipinski definition) is 1. The SMILES string of the molecule is O=C1C=CC(c2ccccc2)(c2ccccc2)CC1O. The summed E-state index contributed by atoms with van der Waals surface area (Å²) in [5.74, 6) is -0.215. The molecule has 2 heteroatoms. The molecule has 0 aliphatic heterocycles. The summed E-state index contributed by atoms with van der Waals surface area (Å²) < 4.78 is 0. The Bertz CT molecular complexity index is 589. The van der Waals surface area contributed by atoms with Crippen molar-refractivity contribution >= 4 is 5.78 Å². The van der Waals surface area contributed by atoms with Crippen molar-refractivity contribution in [1.82, 2.24) is 0 Å². The van der Waals surface area contributed by atoms with Gasteiger partial charge < -0.3 is 5.11 Å². The van der Waals surface area contributed by atoms with Gasteiger partial charge >= 0.3 is 0 Å². The van der Waals surface area contributed by atoms with Gasteiger partial charge in [-0.15, -0.1) is 0 Å². The average molecular weight is 264 g/mol. The van der Waals surface area contributed by atoms with Gasteiger partial charge in [-0.1, -0.05) is 66.7 Å². The highest BCUT2D eigenvalue weighted by Gasteiger charge is 2.38. The van der Waals surface area contributed by atoms with Gasteiger partial charge in [-0.3, -0.25) is 4.79 Å². The van der Waals surface area contributed by atoms with Crippen LogP contribution in [0.25, 0.3) is 0 Å². The summed E-state index contributed by atoms with van der Waals surface area (Å²) in [4.78, 5) is 11.6. The summed E-state index contributed by atoms with van der Waals surface area (Å²) in [6, 6.07) is 20.0. The number of aliphatic hydroxyl groups is 1. The van der Waals surface area contributed by atoms with E-state index < -0.39 is 11.5 Å². The zero-order valence-corrected chi connectivity index (χ0v) is 11.1. The number of carbonyl (C=O) groups excluding carboxylic acids is 1. The van der Waals surface area contributed by atoms with Gasteiger partial charge in [0.05, 0.1) is 0 Å². The second-order valence-electron chi connectivity index (χ2n) is 5.16. The molecule has 1 atom stereocenters. The fraction of sp³-hybridized carbons (Fsp3) is 0.167. The van der Waals surface area contributed by atoms with Crippen LogP contribution in [0.2, 0.25) is 0 Å². The normalized spacial score (nSPS) is 20.9. The number of allylic oxidation sites excluding steroid dienone is 1. The van der Waals surface area contributed by atoms with Crippen molar-refractivity contribution in [2.24, 2.45) is 0 Å². The summed E-state index contributed by atoms with van der Waals surface area (Å²) >= 11 is 0. The maximum absolute atomic E-state index is 11.6. The standard InChI is InChI=1S/C18H16O2/c19-16-11-12-18(13-17(16)20,14-7-3-1-4-8-14)15-9-5-2-6-10-15/h1-12,17,20H,13H2. The zero-order valence-electron chi connectivity index (χ0n) is 11.1. The molecular formula is C18H16O2. The number of rotatable bonds is 2. The molecule has 100 valence electrons. The molecule has 2 aromatic rings. The quantitative estimate of drug-likeness (QED) is 0.905. The van der Waals surface area contributed by atoms with Crippen molar-refractivity contribution < 1.29 is 9.90 Å². The first-order valence-corrected chi connectivity index (χ1v) is 6.74. The molecule has 0 fully saturated rings. The van der Waals surface area contributed by atoms with Crippen LogP contribution in [0.15, 0.2) is 72.8 Å². The molecule has 2 aromatic carbocycles. The number of hydrogen-bond acceptors (Lipinski definition) is 2. The Morgan fingerprint density at radius 3 is 1.85 bits per heavy atom. The minimum atomic E-state index is -0.944. The summed E-state index contributed by atoms with van der Waals surface area (Å²) in [6.07, 6.45) is 2.87. The van der Waals surface area contributed by atoms with Crippen LogP contribution in [0.1, 0.15) is 17.5 Å². The highest BCUT2D eigenvalue weighted by atomic mass is 16.3. The molecule has 0 aromatic heterocycles. The van der Waals surface area contributed by atoms with Crippen molar-refractivity contribution in [3.05, 3.63) is 83.9 Å². The number of carbonyl (C=O) groups is 1. The van der Waals surface area contributed by atoms with E-state index in [4.69, 9.17) is 0 Å². The Morgan fingerprint density at radius 2 is 1.40 bits per heavy atom. The molecule has 0 amide bonds. The predicted octanol–water partition coefficient (Wildman–Crippen LogP) is 2.86. The molecule has 0 bridgehead atoms. The Kier molecular flexibility index (Phi) is 3.25. The monoisotopic (exact) mass is 264 g/mol. The smallest absolute Gasteiger partial charge is 0.183 e.